The van der Waals surface area contributed by atoms with Gasteiger partial charge in [0.05, 0.1) is 18.1 Å². The van der Waals surface area contributed by atoms with Crippen molar-refractivity contribution in [2.24, 2.45) is 0 Å². The first-order chi connectivity index (χ1) is 14.4. The van der Waals surface area contributed by atoms with Gasteiger partial charge in [0.25, 0.3) is 5.91 Å². The van der Waals surface area contributed by atoms with E-state index in [2.05, 4.69) is 10.0 Å². The Kier molecular flexibility index (Phi) is 6.99. The lowest BCUT2D eigenvalue weighted by Gasteiger charge is -2.27. The van der Waals surface area contributed by atoms with Gasteiger partial charge in [-0.25, -0.2) is 13.1 Å². The van der Waals surface area contributed by atoms with Crippen molar-refractivity contribution in [3.05, 3.63) is 65.7 Å². The van der Waals surface area contributed by atoms with Crippen molar-refractivity contribution in [2.75, 3.05) is 38.7 Å². The van der Waals surface area contributed by atoms with Crippen LogP contribution in [0.4, 0.5) is 5.69 Å². The van der Waals surface area contributed by atoms with E-state index >= 15 is 0 Å². The molecule has 0 unspecified atom stereocenters. The van der Waals surface area contributed by atoms with Gasteiger partial charge in [-0.2, -0.15) is 0 Å². The fourth-order valence-electron chi connectivity index (χ4n) is 2.91. The van der Waals surface area contributed by atoms with Crippen LogP contribution in [0.3, 0.4) is 0 Å². The zero-order valence-electron chi connectivity index (χ0n) is 16.5. The largest absolute Gasteiger partial charge is 0.378 e. The summed E-state index contributed by atoms with van der Waals surface area (Å²) in [6, 6.07) is 12.9. The van der Waals surface area contributed by atoms with E-state index in [0.29, 0.717) is 43.1 Å². The fraction of sp³-hybridized carbons (Fsp3) is 0.238. The van der Waals surface area contributed by atoms with Gasteiger partial charge in [-0.3, -0.25) is 9.59 Å². The average molecular weight is 429 g/mol. The topological polar surface area (TPSA) is 105 Å². The van der Waals surface area contributed by atoms with Crippen molar-refractivity contribution in [3.8, 4) is 0 Å². The molecule has 2 N–H and O–H groups in total. The van der Waals surface area contributed by atoms with Crippen LogP contribution >= 0.6 is 0 Å². The SMILES string of the molecule is CNS(=O)(=O)c1ccc(C=CC(=O)Nc2cccc(C(=O)N3CCOCC3)c2)cc1. The molecule has 1 heterocycles. The minimum absolute atomic E-state index is 0.0958. The molecule has 2 amide bonds. The summed E-state index contributed by atoms with van der Waals surface area (Å²) in [7, 11) is -2.15. The summed E-state index contributed by atoms with van der Waals surface area (Å²) >= 11 is 0. The molecule has 2 aromatic rings. The van der Waals surface area contributed by atoms with Gasteiger partial charge >= 0.3 is 0 Å². The number of benzene rings is 2. The molecule has 0 saturated carbocycles. The molecule has 9 heteroatoms. The van der Waals surface area contributed by atoms with Crippen molar-refractivity contribution < 1.29 is 22.7 Å². The van der Waals surface area contributed by atoms with Crippen LogP contribution < -0.4 is 10.0 Å². The molecule has 0 aliphatic carbocycles. The number of anilines is 1. The Morgan fingerprint density at radius 3 is 2.43 bits per heavy atom. The molecule has 3 rings (SSSR count). The number of carbonyl (C=O) groups is 2. The van der Waals surface area contributed by atoms with E-state index in [4.69, 9.17) is 4.74 Å². The van der Waals surface area contributed by atoms with Gasteiger partial charge in [-0.1, -0.05) is 18.2 Å². The molecule has 8 nitrogen and oxygen atoms in total. The van der Waals surface area contributed by atoms with Crippen LogP contribution in [-0.4, -0.2) is 58.5 Å². The van der Waals surface area contributed by atoms with Gasteiger partial charge in [-0.15, -0.1) is 0 Å². The van der Waals surface area contributed by atoms with Crippen LogP contribution in [0, 0.1) is 0 Å². The lowest BCUT2D eigenvalue weighted by atomic mass is 10.1. The number of ether oxygens (including phenoxy) is 1. The Labute approximate surface area is 175 Å². The van der Waals surface area contributed by atoms with Crippen molar-refractivity contribution in [2.45, 2.75) is 4.90 Å². The number of rotatable bonds is 6. The maximum atomic E-state index is 12.6. The Morgan fingerprint density at radius 2 is 1.77 bits per heavy atom. The highest BCUT2D eigenvalue weighted by atomic mass is 32.2. The van der Waals surface area contributed by atoms with Crippen LogP contribution in [0.1, 0.15) is 15.9 Å². The van der Waals surface area contributed by atoms with Crippen LogP contribution in [0.15, 0.2) is 59.5 Å². The molecule has 158 valence electrons. The summed E-state index contributed by atoms with van der Waals surface area (Å²) in [6.45, 7) is 2.14. The van der Waals surface area contributed by atoms with Gasteiger partial charge < -0.3 is 15.0 Å². The van der Waals surface area contributed by atoms with Crippen molar-refractivity contribution in [1.82, 2.24) is 9.62 Å². The smallest absolute Gasteiger partial charge is 0.254 e. The third-order valence-corrected chi connectivity index (χ3v) is 5.99. The van der Waals surface area contributed by atoms with Crippen molar-refractivity contribution in [3.63, 3.8) is 0 Å². The molecular formula is C21H23N3O5S. The van der Waals surface area contributed by atoms with E-state index in [1.165, 1.54) is 25.3 Å². The number of nitrogens with zero attached hydrogens (tertiary/aromatic N) is 1. The Morgan fingerprint density at radius 1 is 1.07 bits per heavy atom. The molecular weight excluding hydrogens is 406 g/mol. The zero-order chi connectivity index (χ0) is 21.6. The quantitative estimate of drug-likeness (QED) is 0.681. The van der Waals surface area contributed by atoms with Gasteiger partial charge in [0.1, 0.15) is 0 Å². The van der Waals surface area contributed by atoms with Gasteiger partial charge in [0, 0.05) is 30.4 Å². The summed E-state index contributed by atoms with van der Waals surface area (Å²) in [5, 5.41) is 2.73. The van der Waals surface area contributed by atoms with E-state index < -0.39 is 10.0 Å². The van der Waals surface area contributed by atoms with Crippen LogP contribution in [0.5, 0.6) is 0 Å². The van der Waals surface area contributed by atoms with Gasteiger partial charge in [-0.05, 0) is 49.0 Å². The van der Waals surface area contributed by atoms with E-state index in [1.807, 2.05) is 0 Å². The number of sulfonamides is 1. The molecule has 30 heavy (non-hydrogen) atoms. The molecule has 0 spiro atoms. The summed E-state index contributed by atoms with van der Waals surface area (Å²) in [6.07, 6.45) is 2.92. The summed E-state index contributed by atoms with van der Waals surface area (Å²) in [5.41, 5.74) is 1.69. The van der Waals surface area contributed by atoms with Crippen LogP contribution in [-0.2, 0) is 19.6 Å². The number of carbonyl (C=O) groups excluding carboxylic acids is 2. The number of hydrogen-bond acceptors (Lipinski definition) is 5. The Bertz CT molecular complexity index is 1040. The fourth-order valence-corrected chi connectivity index (χ4v) is 3.64. The predicted octanol–water partition coefficient (Wildman–Crippen LogP) is 1.72. The molecule has 0 atom stereocenters. The van der Waals surface area contributed by atoms with E-state index in [9.17, 15) is 18.0 Å². The first kappa shape index (κ1) is 21.7. The molecule has 1 saturated heterocycles. The summed E-state index contributed by atoms with van der Waals surface area (Å²) in [5.74, 6) is -0.459. The Hall–Kier alpha value is -3.01. The van der Waals surface area contributed by atoms with E-state index in [-0.39, 0.29) is 16.7 Å². The number of amides is 2. The highest BCUT2D eigenvalue weighted by Gasteiger charge is 2.18. The van der Waals surface area contributed by atoms with E-state index in [0.717, 1.165) is 0 Å². The van der Waals surface area contributed by atoms with Gasteiger partial charge in [0.15, 0.2) is 0 Å². The maximum Gasteiger partial charge on any atom is 0.254 e. The minimum Gasteiger partial charge on any atom is -0.378 e. The zero-order valence-corrected chi connectivity index (χ0v) is 17.3. The summed E-state index contributed by atoms with van der Waals surface area (Å²) < 4.78 is 31.0. The molecule has 0 radical (unpaired) electrons. The first-order valence-electron chi connectivity index (χ1n) is 9.39. The third-order valence-electron chi connectivity index (χ3n) is 4.56. The maximum absolute atomic E-state index is 12.6. The third kappa shape index (κ3) is 5.53. The number of morpholine rings is 1. The normalized spacial score (nSPS) is 14.6. The second kappa shape index (κ2) is 9.66. The monoisotopic (exact) mass is 429 g/mol. The van der Waals surface area contributed by atoms with Crippen molar-refractivity contribution in [1.29, 1.82) is 0 Å². The molecule has 1 aliphatic rings. The highest BCUT2D eigenvalue weighted by Crippen LogP contribution is 2.15. The van der Waals surface area contributed by atoms with Crippen LogP contribution in [0.2, 0.25) is 0 Å². The first-order valence-corrected chi connectivity index (χ1v) is 10.9. The van der Waals surface area contributed by atoms with Gasteiger partial charge in [0.2, 0.25) is 15.9 Å². The lowest BCUT2D eigenvalue weighted by molar-refractivity contribution is -0.111. The average Bonchev–Trinajstić information content (AvgIpc) is 2.78. The van der Waals surface area contributed by atoms with E-state index in [1.54, 1.807) is 47.4 Å². The molecule has 1 aliphatic heterocycles. The van der Waals surface area contributed by atoms with Crippen molar-refractivity contribution >= 4 is 33.6 Å². The second-order valence-corrected chi connectivity index (χ2v) is 8.47. The molecule has 1 fully saturated rings. The number of nitrogens with one attached hydrogen (secondary N) is 2. The molecule has 0 aromatic heterocycles. The summed E-state index contributed by atoms with van der Waals surface area (Å²) in [4.78, 5) is 26.7. The Balaban J connectivity index is 1.62. The second-order valence-electron chi connectivity index (χ2n) is 6.58. The molecule has 2 aromatic carbocycles. The standard InChI is InChI=1S/C21H23N3O5S/c1-22-30(27,28)19-8-5-16(6-9-19)7-10-20(25)23-18-4-2-3-17(15-18)21(26)24-11-13-29-14-12-24/h2-10,15,22H,11-14H2,1H3,(H,23,25). The highest BCUT2D eigenvalue weighted by molar-refractivity contribution is 7.89. The lowest BCUT2D eigenvalue weighted by Crippen LogP contribution is -2.40. The van der Waals surface area contributed by atoms with Crippen LogP contribution in [0.25, 0.3) is 6.08 Å². The minimum atomic E-state index is -3.50. The molecule has 0 bridgehead atoms. The number of hydrogen-bond donors (Lipinski definition) is 2. The predicted molar refractivity (Wildman–Crippen MR) is 114 cm³/mol.